The topological polar surface area (TPSA) is 43.4 Å². The molecule has 1 spiro atoms. The normalized spacial score (nSPS) is 42.0. The molecule has 3 nitrogen and oxygen atoms in total. The monoisotopic (exact) mass is 364 g/mol. The van der Waals surface area contributed by atoms with Crippen LogP contribution in [0.3, 0.4) is 0 Å². The summed E-state index contributed by atoms with van der Waals surface area (Å²) in [5, 5.41) is 0. The maximum atomic E-state index is 12.0. The van der Waals surface area contributed by atoms with E-state index in [9.17, 15) is 9.59 Å². The third kappa shape index (κ3) is 2.26. The number of hydrogen-bond acceptors (Lipinski definition) is 3. The average Bonchev–Trinajstić information content (AvgIpc) is 3.15. The summed E-state index contributed by atoms with van der Waals surface area (Å²) in [5.74, 6) is 1.34. The molecule has 0 radical (unpaired) electrons. The minimum absolute atomic E-state index is 0.00837. The smallest absolute Gasteiger partial charge is 0.306 e. The maximum Gasteiger partial charge on any atom is 0.306 e. The van der Waals surface area contributed by atoms with E-state index >= 15 is 0 Å². The van der Waals surface area contributed by atoms with Gasteiger partial charge in [0.25, 0.3) is 0 Å². The summed E-state index contributed by atoms with van der Waals surface area (Å²) in [6, 6.07) is 0. The first kappa shape index (κ1) is 17.2. The highest BCUT2D eigenvalue weighted by molar-refractivity contribution is 5.93. The van der Waals surface area contributed by atoms with Gasteiger partial charge in [-0.3, -0.25) is 9.59 Å². The number of esters is 1. The van der Waals surface area contributed by atoms with Gasteiger partial charge in [-0.2, -0.15) is 0 Å². The fourth-order valence-corrected chi connectivity index (χ4v) is 7.06. The van der Waals surface area contributed by atoms with Gasteiger partial charge in [0.1, 0.15) is 5.60 Å². The van der Waals surface area contributed by atoms with Gasteiger partial charge in [0, 0.05) is 18.3 Å². The molecule has 0 bridgehead atoms. The fourth-order valence-electron chi connectivity index (χ4n) is 7.06. The lowest BCUT2D eigenvalue weighted by atomic mass is 9.53. The van der Waals surface area contributed by atoms with Crippen LogP contribution in [0.1, 0.15) is 64.7 Å². The first-order valence-electron chi connectivity index (χ1n) is 10.5. The minimum atomic E-state index is -0.274. The van der Waals surface area contributed by atoms with E-state index in [0.29, 0.717) is 24.7 Å². The van der Waals surface area contributed by atoms with Crippen molar-refractivity contribution in [3.8, 4) is 0 Å². The standard InChI is InChI=1S/C24H28O3/c1-3-4-16-14-23(2)20(9-11-24(23)12-10-21(26)27-24)19-7-5-15-13-17(25)6-8-18(15)22(16)19/h3-4,13,19-20H,1,5-12,14H2,2H3/b16-4-/t19-,20?,23-,24+/m0/s1. The molecule has 3 heteroatoms. The van der Waals surface area contributed by atoms with E-state index in [-0.39, 0.29) is 22.8 Å². The van der Waals surface area contributed by atoms with Crippen molar-refractivity contribution in [2.75, 3.05) is 0 Å². The second-order valence-corrected chi connectivity index (χ2v) is 9.31. The summed E-state index contributed by atoms with van der Waals surface area (Å²) >= 11 is 0. The van der Waals surface area contributed by atoms with Gasteiger partial charge in [-0.15, -0.1) is 0 Å². The Labute approximate surface area is 161 Å². The highest BCUT2D eigenvalue weighted by atomic mass is 16.6. The number of carbonyl (C=O) groups excluding carboxylic acids is 2. The molecule has 27 heavy (non-hydrogen) atoms. The van der Waals surface area contributed by atoms with Crippen LogP contribution in [0.5, 0.6) is 0 Å². The van der Waals surface area contributed by atoms with Crippen LogP contribution in [0.4, 0.5) is 0 Å². The van der Waals surface area contributed by atoms with Gasteiger partial charge in [-0.1, -0.05) is 25.7 Å². The Morgan fingerprint density at radius 3 is 2.74 bits per heavy atom. The maximum absolute atomic E-state index is 12.0. The molecule has 0 aromatic carbocycles. The fraction of sp³-hybridized carbons (Fsp3) is 0.583. The Kier molecular flexibility index (Phi) is 3.70. The molecule has 5 rings (SSSR count). The van der Waals surface area contributed by atoms with Crippen molar-refractivity contribution in [3.63, 3.8) is 0 Å². The third-order valence-electron chi connectivity index (χ3n) is 8.23. The zero-order valence-electron chi connectivity index (χ0n) is 16.2. The van der Waals surface area contributed by atoms with Crippen LogP contribution in [0, 0.1) is 17.3 Å². The van der Waals surface area contributed by atoms with Crippen LogP contribution in [-0.2, 0) is 14.3 Å². The van der Waals surface area contributed by atoms with Crippen LogP contribution in [0.15, 0.2) is 47.1 Å². The molecule has 0 aromatic heterocycles. The van der Waals surface area contributed by atoms with Crippen molar-refractivity contribution in [2.24, 2.45) is 17.3 Å². The molecular formula is C24H28O3. The van der Waals surface area contributed by atoms with Gasteiger partial charge >= 0.3 is 5.97 Å². The van der Waals surface area contributed by atoms with E-state index in [1.54, 1.807) is 0 Å². The third-order valence-corrected chi connectivity index (χ3v) is 8.23. The first-order valence-corrected chi connectivity index (χ1v) is 10.5. The second-order valence-electron chi connectivity index (χ2n) is 9.31. The van der Waals surface area contributed by atoms with Gasteiger partial charge in [0.05, 0.1) is 0 Å². The van der Waals surface area contributed by atoms with E-state index in [2.05, 4.69) is 19.6 Å². The van der Waals surface area contributed by atoms with E-state index in [1.165, 1.54) is 22.3 Å². The Bertz CT molecular complexity index is 842. The number of ether oxygens (including phenoxy) is 1. The molecule has 3 fully saturated rings. The zero-order valence-corrected chi connectivity index (χ0v) is 16.2. The largest absolute Gasteiger partial charge is 0.458 e. The second kappa shape index (κ2) is 5.80. The van der Waals surface area contributed by atoms with Gasteiger partial charge in [-0.25, -0.2) is 0 Å². The van der Waals surface area contributed by atoms with Crippen molar-refractivity contribution >= 4 is 11.8 Å². The van der Waals surface area contributed by atoms with Gasteiger partial charge in [-0.05, 0) is 85.2 Å². The van der Waals surface area contributed by atoms with Crippen LogP contribution in [-0.4, -0.2) is 17.4 Å². The summed E-state index contributed by atoms with van der Waals surface area (Å²) in [7, 11) is 0. The lowest BCUT2D eigenvalue weighted by molar-refractivity contribution is -0.160. The molecule has 0 aromatic rings. The van der Waals surface area contributed by atoms with E-state index in [4.69, 9.17) is 4.74 Å². The molecule has 5 aliphatic rings. The van der Waals surface area contributed by atoms with Crippen LogP contribution in [0.25, 0.3) is 0 Å². The molecule has 2 saturated carbocycles. The molecule has 0 N–H and O–H groups in total. The molecular weight excluding hydrogens is 336 g/mol. The number of ketones is 1. The molecule has 4 aliphatic carbocycles. The Morgan fingerprint density at radius 2 is 2.00 bits per heavy atom. The minimum Gasteiger partial charge on any atom is -0.458 e. The highest BCUT2D eigenvalue weighted by Crippen LogP contribution is 2.67. The van der Waals surface area contributed by atoms with Crippen molar-refractivity contribution in [3.05, 3.63) is 47.1 Å². The summed E-state index contributed by atoms with van der Waals surface area (Å²) < 4.78 is 6.05. The van der Waals surface area contributed by atoms with Gasteiger partial charge in [0.15, 0.2) is 5.78 Å². The number of hydrogen-bond donors (Lipinski definition) is 0. The molecule has 142 valence electrons. The number of rotatable bonds is 1. The highest BCUT2D eigenvalue weighted by Gasteiger charge is 2.65. The van der Waals surface area contributed by atoms with E-state index < -0.39 is 0 Å². The number of allylic oxidation sites excluding steroid dienone is 7. The summed E-state index contributed by atoms with van der Waals surface area (Å²) in [4.78, 5) is 24.0. The lowest BCUT2D eigenvalue weighted by Crippen LogP contribution is -2.50. The lowest BCUT2D eigenvalue weighted by Gasteiger charge is -2.52. The first-order chi connectivity index (χ1) is 13.0. The van der Waals surface area contributed by atoms with Crippen molar-refractivity contribution in [1.82, 2.24) is 0 Å². The van der Waals surface area contributed by atoms with Crippen LogP contribution in [0.2, 0.25) is 0 Å². The van der Waals surface area contributed by atoms with Crippen molar-refractivity contribution in [2.45, 2.75) is 70.3 Å². The van der Waals surface area contributed by atoms with Crippen LogP contribution >= 0.6 is 0 Å². The summed E-state index contributed by atoms with van der Waals surface area (Å²) in [5.41, 5.74) is 5.32. The van der Waals surface area contributed by atoms with E-state index in [1.807, 2.05) is 12.2 Å². The average molecular weight is 364 g/mol. The van der Waals surface area contributed by atoms with Crippen molar-refractivity contribution < 1.29 is 14.3 Å². The molecule has 1 aliphatic heterocycles. The van der Waals surface area contributed by atoms with Crippen molar-refractivity contribution in [1.29, 1.82) is 0 Å². The predicted octanol–water partition coefficient (Wildman–Crippen LogP) is 4.99. The Morgan fingerprint density at radius 1 is 1.15 bits per heavy atom. The molecule has 1 heterocycles. The zero-order chi connectivity index (χ0) is 18.8. The van der Waals surface area contributed by atoms with E-state index in [0.717, 1.165) is 44.9 Å². The molecule has 1 saturated heterocycles. The summed E-state index contributed by atoms with van der Waals surface area (Å²) in [6.45, 7) is 6.34. The van der Waals surface area contributed by atoms with Gasteiger partial charge in [0.2, 0.25) is 0 Å². The number of carbonyl (C=O) groups is 2. The molecule has 0 amide bonds. The Hall–Kier alpha value is -1.90. The number of fused-ring (bicyclic) bond motifs is 5. The Balaban J connectivity index is 1.64. The summed E-state index contributed by atoms with van der Waals surface area (Å²) in [6.07, 6.45) is 14.2. The van der Waals surface area contributed by atoms with Gasteiger partial charge < -0.3 is 4.74 Å². The quantitative estimate of drug-likeness (QED) is 0.616. The SMILES string of the molecule is C=C/C=C1/C[C@@]2(C)C(CC[C@@]23CCC(=O)O3)[C@@H]2CCC3=CC(=O)CCC3=C12. The van der Waals surface area contributed by atoms with Crippen LogP contribution < -0.4 is 0 Å². The molecule has 4 atom stereocenters. The predicted molar refractivity (Wildman–Crippen MR) is 104 cm³/mol. The molecule has 1 unspecified atom stereocenters.